The van der Waals surface area contributed by atoms with E-state index in [0.717, 1.165) is 0 Å². The summed E-state index contributed by atoms with van der Waals surface area (Å²) in [5.41, 5.74) is 0. The molecule has 5 heteroatoms. The van der Waals surface area contributed by atoms with E-state index in [1.54, 1.807) is 0 Å². The van der Waals surface area contributed by atoms with E-state index in [-0.39, 0.29) is 6.08 Å². The summed E-state index contributed by atoms with van der Waals surface area (Å²) in [6, 6.07) is 0. The summed E-state index contributed by atoms with van der Waals surface area (Å²) in [6.45, 7) is 2.94. The van der Waals surface area contributed by atoms with Crippen molar-refractivity contribution in [1.29, 1.82) is 0 Å². The molecule has 0 spiro atoms. The van der Waals surface area contributed by atoms with E-state index in [4.69, 9.17) is 0 Å². The Hall–Kier alpha value is -1.26. The van der Waals surface area contributed by atoms with Crippen LogP contribution >= 0.6 is 0 Å². The van der Waals surface area contributed by atoms with Crippen LogP contribution in [0.5, 0.6) is 0 Å². The molecule has 0 aromatic rings. The Balaban J connectivity index is 3.87. The normalized spacial score (nSPS) is 11.5. The SMILES string of the molecule is C=CC(=O)OC(F)C=C(F)F. The Morgan fingerprint density at radius 3 is 2.45 bits per heavy atom. The second-order valence-electron chi connectivity index (χ2n) is 1.45. The molecule has 1 unspecified atom stereocenters. The Labute approximate surface area is 61.0 Å². The van der Waals surface area contributed by atoms with Crippen LogP contribution in [0.3, 0.4) is 0 Å². The fourth-order valence-electron chi connectivity index (χ4n) is 0.292. The number of ether oxygens (including phenoxy) is 1. The summed E-state index contributed by atoms with van der Waals surface area (Å²) in [6.07, 6.45) is -4.10. The van der Waals surface area contributed by atoms with Crippen LogP contribution in [0.2, 0.25) is 0 Å². The number of alkyl halides is 1. The van der Waals surface area contributed by atoms with Gasteiger partial charge in [0.15, 0.2) is 0 Å². The number of carbonyl (C=O) groups is 1. The maximum absolute atomic E-state index is 12.0. The van der Waals surface area contributed by atoms with E-state index >= 15 is 0 Å². The predicted octanol–water partition coefficient (Wildman–Crippen LogP) is 1.79. The van der Waals surface area contributed by atoms with Crippen LogP contribution in [0.15, 0.2) is 24.8 Å². The zero-order valence-corrected chi connectivity index (χ0v) is 5.39. The highest BCUT2D eigenvalue weighted by Crippen LogP contribution is 2.04. The molecule has 0 aromatic carbocycles. The van der Waals surface area contributed by atoms with Crippen LogP contribution < -0.4 is 0 Å². The lowest BCUT2D eigenvalue weighted by Crippen LogP contribution is -2.08. The van der Waals surface area contributed by atoms with Crippen LogP contribution in [-0.4, -0.2) is 12.3 Å². The van der Waals surface area contributed by atoms with E-state index in [9.17, 15) is 18.0 Å². The van der Waals surface area contributed by atoms with Gasteiger partial charge in [0.1, 0.15) is 0 Å². The molecule has 11 heavy (non-hydrogen) atoms. The summed E-state index contributed by atoms with van der Waals surface area (Å²) in [4.78, 5) is 10.1. The Morgan fingerprint density at radius 1 is 1.55 bits per heavy atom. The molecule has 1 atom stereocenters. The largest absolute Gasteiger partial charge is 0.424 e. The maximum atomic E-state index is 12.0. The topological polar surface area (TPSA) is 26.3 Å². The van der Waals surface area contributed by atoms with Crippen LogP contribution in [0.1, 0.15) is 0 Å². The van der Waals surface area contributed by atoms with Gasteiger partial charge in [-0.25, -0.2) is 4.79 Å². The number of rotatable bonds is 3. The summed E-state index contributed by atoms with van der Waals surface area (Å²) in [5, 5.41) is 0. The van der Waals surface area contributed by atoms with Crippen LogP contribution in [-0.2, 0) is 9.53 Å². The second-order valence-corrected chi connectivity index (χ2v) is 1.45. The average molecular weight is 166 g/mol. The highest BCUT2D eigenvalue weighted by molar-refractivity contribution is 5.81. The van der Waals surface area contributed by atoms with Crippen molar-refractivity contribution in [1.82, 2.24) is 0 Å². The zero-order valence-electron chi connectivity index (χ0n) is 5.39. The molecule has 0 saturated carbocycles. The van der Waals surface area contributed by atoms with Crippen molar-refractivity contribution in [2.24, 2.45) is 0 Å². The lowest BCUT2D eigenvalue weighted by atomic mass is 10.6. The number of halogens is 3. The fraction of sp³-hybridized carbons (Fsp3) is 0.167. The summed E-state index contributed by atoms with van der Waals surface area (Å²) in [7, 11) is 0. The van der Waals surface area contributed by atoms with Crippen molar-refractivity contribution in [2.45, 2.75) is 6.36 Å². The minimum atomic E-state index is -2.41. The predicted molar refractivity (Wildman–Crippen MR) is 31.5 cm³/mol. The lowest BCUT2D eigenvalue weighted by molar-refractivity contribution is -0.147. The second kappa shape index (κ2) is 4.54. The molecule has 0 radical (unpaired) electrons. The number of carbonyl (C=O) groups excluding carboxylic acids is 1. The van der Waals surface area contributed by atoms with Gasteiger partial charge in [-0.1, -0.05) is 6.58 Å². The van der Waals surface area contributed by atoms with E-state index in [0.29, 0.717) is 6.08 Å². The van der Waals surface area contributed by atoms with Crippen LogP contribution in [0, 0.1) is 0 Å². The smallest absolute Gasteiger partial charge is 0.332 e. The fourth-order valence-corrected chi connectivity index (χ4v) is 0.292. The molecule has 0 amide bonds. The van der Waals surface area contributed by atoms with Gasteiger partial charge < -0.3 is 4.74 Å². The molecule has 0 bridgehead atoms. The first kappa shape index (κ1) is 9.74. The lowest BCUT2D eigenvalue weighted by Gasteiger charge is -2.00. The molecule has 0 rings (SSSR count). The first-order valence-corrected chi connectivity index (χ1v) is 2.56. The number of hydrogen-bond acceptors (Lipinski definition) is 2. The summed E-state index contributed by atoms with van der Waals surface area (Å²) < 4.78 is 38.3. The van der Waals surface area contributed by atoms with E-state index in [1.165, 1.54) is 0 Å². The van der Waals surface area contributed by atoms with Gasteiger partial charge in [-0.2, -0.15) is 13.2 Å². The average Bonchev–Trinajstić information content (AvgIpc) is 1.85. The van der Waals surface area contributed by atoms with Crippen molar-refractivity contribution in [3.05, 3.63) is 24.8 Å². The zero-order chi connectivity index (χ0) is 8.85. The molecule has 0 fully saturated rings. The minimum absolute atomic E-state index is 0.124. The molecule has 0 heterocycles. The molecular weight excluding hydrogens is 161 g/mol. The van der Waals surface area contributed by atoms with Gasteiger partial charge in [-0.3, -0.25) is 0 Å². The van der Waals surface area contributed by atoms with Crippen molar-refractivity contribution in [2.75, 3.05) is 0 Å². The van der Waals surface area contributed by atoms with E-state index in [1.807, 2.05) is 0 Å². The molecule has 0 aliphatic heterocycles. The van der Waals surface area contributed by atoms with Gasteiger partial charge in [-0.05, 0) is 0 Å². The minimum Gasteiger partial charge on any atom is -0.424 e. The Bertz CT molecular complexity index is 184. The van der Waals surface area contributed by atoms with Crippen molar-refractivity contribution in [3.8, 4) is 0 Å². The van der Waals surface area contributed by atoms with Crippen molar-refractivity contribution in [3.63, 3.8) is 0 Å². The summed E-state index contributed by atoms with van der Waals surface area (Å²) in [5.74, 6) is -1.09. The monoisotopic (exact) mass is 166 g/mol. The third-order valence-corrected chi connectivity index (χ3v) is 0.652. The standard InChI is InChI=1S/C6H5F3O2/c1-2-6(10)11-5(9)3-4(7)8/h2-3,5H,1H2. The van der Waals surface area contributed by atoms with E-state index < -0.39 is 18.4 Å². The molecular formula is C6H5F3O2. The third kappa shape index (κ3) is 5.20. The van der Waals surface area contributed by atoms with Crippen LogP contribution in [0.4, 0.5) is 13.2 Å². The number of esters is 1. The van der Waals surface area contributed by atoms with Crippen molar-refractivity contribution >= 4 is 5.97 Å². The molecule has 0 aliphatic rings. The molecule has 0 aliphatic carbocycles. The van der Waals surface area contributed by atoms with Gasteiger partial charge in [0.2, 0.25) is 0 Å². The quantitative estimate of drug-likeness (QED) is 0.472. The Morgan fingerprint density at radius 2 is 2.09 bits per heavy atom. The molecule has 62 valence electrons. The summed E-state index contributed by atoms with van der Waals surface area (Å²) >= 11 is 0. The molecule has 0 saturated heterocycles. The molecule has 0 aromatic heterocycles. The van der Waals surface area contributed by atoms with Gasteiger partial charge in [0, 0.05) is 6.08 Å². The highest BCUT2D eigenvalue weighted by atomic mass is 19.3. The van der Waals surface area contributed by atoms with Gasteiger partial charge in [0.05, 0.1) is 6.08 Å². The number of hydrogen-bond donors (Lipinski definition) is 0. The Kier molecular flexibility index (Phi) is 4.02. The molecule has 2 nitrogen and oxygen atoms in total. The first-order chi connectivity index (χ1) is 5.06. The van der Waals surface area contributed by atoms with Crippen LogP contribution in [0.25, 0.3) is 0 Å². The van der Waals surface area contributed by atoms with Crippen molar-refractivity contribution < 1.29 is 22.7 Å². The third-order valence-electron chi connectivity index (χ3n) is 0.652. The van der Waals surface area contributed by atoms with Gasteiger partial charge >= 0.3 is 5.97 Å². The molecule has 0 N–H and O–H groups in total. The van der Waals surface area contributed by atoms with E-state index in [2.05, 4.69) is 11.3 Å². The first-order valence-electron chi connectivity index (χ1n) is 2.56. The highest BCUT2D eigenvalue weighted by Gasteiger charge is 2.08. The van der Waals surface area contributed by atoms with Gasteiger partial charge in [-0.15, -0.1) is 0 Å². The van der Waals surface area contributed by atoms with Gasteiger partial charge in [0.25, 0.3) is 12.4 Å². The maximum Gasteiger partial charge on any atom is 0.332 e.